The van der Waals surface area contributed by atoms with Gasteiger partial charge in [0, 0.05) is 24.2 Å². The van der Waals surface area contributed by atoms with Crippen molar-refractivity contribution < 1.29 is 0 Å². The fourth-order valence-electron chi connectivity index (χ4n) is 2.83. The molecule has 1 aromatic heterocycles. The molecule has 0 amide bonds. The van der Waals surface area contributed by atoms with Gasteiger partial charge in [-0.25, -0.2) is 0 Å². The van der Waals surface area contributed by atoms with Crippen LogP contribution in [0.5, 0.6) is 0 Å². The first-order chi connectivity index (χ1) is 6.34. The van der Waals surface area contributed by atoms with E-state index in [0.29, 0.717) is 12.0 Å². The Morgan fingerprint density at radius 1 is 1.54 bits per heavy atom. The molecule has 0 aromatic carbocycles. The molecule has 3 rings (SSSR count). The van der Waals surface area contributed by atoms with Crippen molar-refractivity contribution in [3.05, 3.63) is 17.5 Å². The topological polar surface area (TPSA) is 43.8 Å². The summed E-state index contributed by atoms with van der Waals surface area (Å²) < 4.78 is 2.19. The van der Waals surface area contributed by atoms with E-state index in [1.54, 1.807) is 0 Å². The Morgan fingerprint density at radius 3 is 3.38 bits per heavy atom. The van der Waals surface area contributed by atoms with E-state index in [2.05, 4.69) is 9.78 Å². The lowest BCUT2D eigenvalue weighted by molar-refractivity contribution is 0.368. The molecule has 2 unspecified atom stereocenters. The average molecular weight is 177 g/mol. The van der Waals surface area contributed by atoms with Crippen LogP contribution in [0, 0.1) is 0 Å². The van der Waals surface area contributed by atoms with E-state index in [4.69, 9.17) is 5.73 Å². The van der Waals surface area contributed by atoms with Gasteiger partial charge in [0.1, 0.15) is 0 Å². The van der Waals surface area contributed by atoms with Crippen molar-refractivity contribution in [1.29, 1.82) is 0 Å². The molecule has 0 saturated heterocycles. The van der Waals surface area contributed by atoms with E-state index in [1.807, 2.05) is 6.20 Å². The molecule has 3 heteroatoms. The third-order valence-electron chi connectivity index (χ3n) is 3.34. The Labute approximate surface area is 77.9 Å². The van der Waals surface area contributed by atoms with Gasteiger partial charge < -0.3 is 5.73 Å². The SMILES string of the molecule is NC1Cc2cnn3c2C(CCC3)C1. The second-order valence-corrected chi connectivity index (χ2v) is 4.32. The van der Waals surface area contributed by atoms with Crippen molar-refractivity contribution in [2.45, 2.75) is 44.2 Å². The lowest BCUT2D eigenvalue weighted by Crippen LogP contribution is -2.32. The summed E-state index contributed by atoms with van der Waals surface area (Å²) in [4.78, 5) is 0. The molecular weight excluding hydrogens is 162 g/mol. The minimum Gasteiger partial charge on any atom is -0.327 e. The smallest absolute Gasteiger partial charge is 0.0525 e. The van der Waals surface area contributed by atoms with Gasteiger partial charge in [-0.05, 0) is 31.2 Å². The lowest BCUT2D eigenvalue weighted by atomic mass is 9.81. The van der Waals surface area contributed by atoms with Crippen molar-refractivity contribution in [2.75, 3.05) is 0 Å². The molecular formula is C10H15N3. The van der Waals surface area contributed by atoms with Crippen molar-refractivity contribution in [3.8, 4) is 0 Å². The quantitative estimate of drug-likeness (QED) is 0.643. The minimum atomic E-state index is 0.369. The van der Waals surface area contributed by atoms with Crippen LogP contribution in [0.15, 0.2) is 6.20 Å². The molecule has 3 nitrogen and oxygen atoms in total. The van der Waals surface area contributed by atoms with E-state index >= 15 is 0 Å². The first-order valence-electron chi connectivity index (χ1n) is 5.15. The fraction of sp³-hybridized carbons (Fsp3) is 0.700. The molecule has 70 valence electrons. The molecule has 2 heterocycles. The number of aryl methyl sites for hydroxylation is 1. The van der Waals surface area contributed by atoms with Crippen LogP contribution in [0.25, 0.3) is 0 Å². The third kappa shape index (κ3) is 1.03. The van der Waals surface area contributed by atoms with Gasteiger partial charge in [-0.15, -0.1) is 0 Å². The summed E-state index contributed by atoms with van der Waals surface area (Å²) in [7, 11) is 0. The van der Waals surface area contributed by atoms with E-state index in [9.17, 15) is 0 Å². The molecule has 0 bridgehead atoms. The molecule has 1 aromatic rings. The highest BCUT2D eigenvalue weighted by Crippen LogP contribution is 2.37. The zero-order chi connectivity index (χ0) is 8.84. The molecule has 0 spiro atoms. The van der Waals surface area contributed by atoms with Crippen molar-refractivity contribution in [3.63, 3.8) is 0 Å². The van der Waals surface area contributed by atoms with Gasteiger partial charge >= 0.3 is 0 Å². The first-order valence-corrected chi connectivity index (χ1v) is 5.15. The van der Waals surface area contributed by atoms with Crippen LogP contribution in [-0.4, -0.2) is 15.8 Å². The Bertz CT molecular complexity index is 329. The molecule has 1 aliphatic heterocycles. The van der Waals surface area contributed by atoms with Gasteiger partial charge in [0.15, 0.2) is 0 Å². The van der Waals surface area contributed by atoms with E-state index < -0.39 is 0 Å². The maximum Gasteiger partial charge on any atom is 0.0525 e. The average Bonchev–Trinajstić information content (AvgIpc) is 2.50. The van der Waals surface area contributed by atoms with Gasteiger partial charge in [0.25, 0.3) is 0 Å². The Hall–Kier alpha value is -0.830. The maximum atomic E-state index is 6.01. The van der Waals surface area contributed by atoms with Gasteiger partial charge in [0.2, 0.25) is 0 Å². The van der Waals surface area contributed by atoms with Gasteiger partial charge in [-0.1, -0.05) is 0 Å². The van der Waals surface area contributed by atoms with Crippen LogP contribution in [0.4, 0.5) is 0 Å². The molecule has 0 fully saturated rings. The highest BCUT2D eigenvalue weighted by atomic mass is 15.3. The number of hydrogen-bond acceptors (Lipinski definition) is 2. The first kappa shape index (κ1) is 7.56. The summed E-state index contributed by atoms with van der Waals surface area (Å²) >= 11 is 0. The van der Waals surface area contributed by atoms with Crippen LogP contribution >= 0.6 is 0 Å². The highest BCUT2D eigenvalue weighted by Gasteiger charge is 2.30. The largest absolute Gasteiger partial charge is 0.327 e. The Balaban J connectivity index is 2.10. The van der Waals surface area contributed by atoms with Crippen molar-refractivity contribution in [2.24, 2.45) is 5.73 Å². The predicted octanol–water partition coefficient (Wildman–Crippen LogP) is 1.03. The van der Waals surface area contributed by atoms with Gasteiger partial charge in [0.05, 0.1) is 6.20 Å². The maximum absolute atomic E-state index is 6.01. The van der Waals surface area contributed by atoms with Crippen LogP contribution < -0.4 is 5.73 Å². The standard InChI is InChI=1S/C10H15N3/c11-9-4-7-2-1-3-13-10(7)8(5-9)6-12-13/h6-7,9H,1-5,11H2. The number of hydrogen-bond donors (Lipinski definition) is 1. The number of rotatable bonds is 0. The van der Waals surface area contributed by atoms with Crippen LogP contribution in [-0.2, 0) is 13.0 Å². The molecule has 2 N–H and O–H groups in total. The molecule has 1 aliphatic carbocycles. The zero-order valence-corrected chi connectivity index (χ0v) is 7.74. The second-order valence-electron chi connectivity index (χ2n) is 4.32. The van der Waals surface area contributed by atoms with Gasteiger partial charge in [-0.3, -0.25) is 4.68 Å². The van der Waals surface area contributed by atoms with Crippen LogP contribution in [0.2, 0.25) is 0 Å². The molecule has 0 saturated carbocycles. The van der Waals surface area contributed by atoms with Gasteiger partial charge in [-0.2, -0.15) is 5.10 Å². The second kappa shape index (κ2) is 2.58. The van der Waals surface area contributed by atoms with Crippen LogP contribution in [0.1, 0.15) is 36.4 Å². The summed E-state index contributed by atoms with van der Waals surface area (Å²) in [6, 6.07) is 0.369. The molecule has 2 atom stereocenters. The van der Waals surface area contributed by atoms with E-state index in [-0.39, 0.29) is 0 Å². The third-order valence-corrected chi connectivity index (χ3v) is 3.34. The number of nitrogens with two attached hydrogens (primary N) is 1. The van der Waals surface area contributed by atoms with Crippen molar-refractivity contribution in [1.82, 2.24) is 9.78 Å². The summed E-state index contributed by atoms with van der Waals surface area (Å²) in [6.07, 6.45) is 6.80. The van der Waals surface area contributed by atoms with Crippen LogP contribution in [0.3, 0.4) is 0 Å². The molecule has 0 radical (unpaired) electrons. The normalized spacial score (nSPS) is 31.5. The predicted molar refractivity (Wildman–Crippen MR) is 50.5 cm³/mol. The zero-order valence-electron chi connectivity index (χ0n) is 7.74. The number of nitrogens with zero attached hydrogens (tertiary/aromatic N) is 2. The monoisotopic (exact) mass is 177 g/mol. The Morgan fingerprint density at radius 2 is 2.46 bits per heavy atom. The summed E-state index contributed by atoms with van der Waals surface area (Å²) in [5.41, 5.74) is 8.91. The lowest BCUT2D eigenvalue weighted by Gasteiger charge is -2.31. The van der Waals surface area contributed by atoms with E-state index in [0.717, 1.165) is 13.0 Å². The summed E-state index contributed by atoms with van der Waals surface area (Å²) in [5.74, 6) is 0.704. The van der Waals surface area contributed by atoms with Crippen molar-refractivity contribution >= 4 is 0 Å². The highest BCUT2D eigenvalue weighted by molar-refractivity contribution is 5.27. The molecule has 2 aliphatic rings. The minimum absolute atomic E-state index is 0.369. The van der Waals surface area contributed by atoms with E-state index in [1.165, 1.54) is 30.5 Å². The number of aromatic nitrogens is 2. The summed E-state index contributed by atoms with van der Waals surface area (Å²) in [6.45, 7) is 1.11. The summed E-state index contributed by atoms with van der Waals surface area (Å²) in [5, 5.41) is 4.41. The molecule has 13 heavy (non-hydrogen) atoms. The fourth-order valence-corrected chi connectivity index (χ4v) is 2.83. The Kier molecular flexibility index (Phi) is 1.50.